The van der Waals surface area contributed by atoms with Gasteiger partial charge in [-0.3, -0.25) is 5.32 Å². The van der Waals surface area contributed by atoms with Gasteiger partial charge in [0.2, 0.25) is 0 Å². The van der Waals surface area contributed by atoms with Crippen molar-refractivity contribution in [3.05, 3.63) is 0 Å². The van der Waals surface area contributed by atoms with E-state index in [9.17, 15) is 5.26 Å². The van der Waals surface area contributed by atoms with Gasteiger partial charge in [0.25, 0.3) is 0 Å². The Labute approximate surface area is 112 Å². The highest BCUT2D eigenvalue weighted by Gasteiger charge is 2.31. The minimum atomic E-state index is -0.362. The van der Waals surface area contributed by atoms with Crippen molar-refractivity contribution in [3.63, 3.8) is 0 Å². The third-order valence-electron chi connectivity index (χ3n) is 3.82. The molecule has 0 aromatic carbocycles. The molecule has 0 aromatic rings. The summed E-state index contributed by atoms with van der Waals surface area (Å²) < 4.78 is 5.70. The largest absolute Gasteiger partial charge is 0.381 e. The number of hydrogen-bond acceptors (Lipinski definition) is 3. The predicted octanol–water partition coefficient (Wildman–Crippen LogP) is 3.25. The molecule has 0 saturated heterocycles. The van der Waals surface area contributed by atoms with Crippen LogP contribution in [0.2, 0.25) is 0 Å². The lowest BCUT2D eigenvalue weighted by atomic mass is 9.97. The first-order valence-corrected chi connectivity index (χ1v) is 7.40. The van der Waals surface area contributed by atoms with Crippen molar-refractivity contribution in [3.8, 4) is 6.07 Å². The molecule has 1 aliphatic rings. The van der Waals surface area contributed by atoms with Gasteiger partial charge in [-0.1, -0.05) is 26.7 Å². The van der Waals surface area contributed by atoms with E-state index in [-0.39, 0.29) is 5.54 Å². The van der Waals surface area contributed by atoms with E-state index in [4.69, 9.17) is 4.74 Å². The molecule has 0 spiro atoms. The second-order valence-corrected chi connectivity index (χ2v) is 5.72. The Morgan fingerprint density at radius 2 is 2.06 bits per heavy atom. The van der Waals surface area contributed by atoms with E-state index >= 15 is 0 Å². The summed E-state index contributed by atoms with van der Waals surface area (Å²) in [6.07, 6.45) is 6.67. The minimum absolute atomic E-state index is 0.362. The molecule has 104 valence electrons. The van der Waals surface area contributed by atoms with Crippen molar-refractivity contribution in [1.29, 1.82) is 5.26 Å². The molecule has 1 N–H and O–H groups in total. The number of hydrogen-bond donors (Lipinski definition) is 1. The van der Waals surface area contributed by atoms with Gasteiger partial charge in [-0.2, -0.15) is 5.26 Å². The van der Waals surface area contributed by atoms with Crippen LogP contribution in [-0.2, 0) is 4.74 Å². The SMILES string of the molecule is CCC(CC)COCCCC(C)(C#N)NC1CC1. The average Bonchev–Trinajstić information content (AvgIpc) is 3.17. The first-order valence-electron chi connectivity index (χ1n) is 7.40. The van der Waals surface area contributed by atoms with Crippen LogP contribution in [-0.4, -0.2) is 24.8 Å². The van der Waals surface area contributed by atoms with Crippen LogP contribution in [0.5, 0.6) is 0 Å². The van der Waals surface area contributed by atoms with Crippen molar-refractivity contribution in [1.82, 2.24) is 5.32 Å². The van der Waals surface area contributed by atoms with E-state index < -0.39 is 0 Å². The van der Waals surface area contributed by atoms with Gasteiger partial charge in [-0.25, -0.2) is 0 Å². The average molecular weight is 252 g/mol. The second kappa shape index (κ2) is 7.76. The molecular formula is C15H28N2O. The maximum atomic E-state index is 9.23. The Morgan fingerprint density at radius 3 is 2.56 bits per heavy atom. The van der Waals surface area contributed by atoms with Crippen LogP contribution in [0.4, 0.5) is 0 Å². The summed E-state index contributed by atoms with van der Waals surface area (Å²) >= 11 is 0. The van der Waals surface area contributed by atoms with Gasteiger partial charge < -0.3 is 4.74 Å². The fourth-order valence-corrected chi connectivity index (χ4v) is 2.14. The Kier molecular flexibility index (Phi) is 6.67. The lowest BCUT2D eigenvalue weighted by Gasteiger charge is -2.23. The lowest BCUT2D eigenvalue weighted by Crippen LogP contribution is -2.42. The van der Waals surface area contributed by atoms with Crippen LogP contribution in [0.25, 0.3) is 0 Å². The van der Waals surface area contributed by atoms with Crippen molar-refractivity contribution in [2.75, 3.05) is 13.2 Å². The molecule has 0 aliphatic heterocycles. The summed E-state index contributed by atoms with van der Waals surface area (Å²) in [7, 11) is 0. The van der Waals surface area contributed by atoms with E-state index in [1.54, 1.807) is 0 Å². The maximum Gasteiger partial charge on any atom is 0.104 e. The van der Waals surface area contributed by atoms with Gasteiger partial charge in [0.05, 0.1) is 6.07 Å². The standard InChI is InChI=1S/C15H28N2O/c1-4-13(5-2)11-18-10-6-9-15(3,12-16)17-14-7-8-14/h13-14,17H,4-11H2,1-3H3. The molecule has 0 bridgehead atoms. The maximum absolute atomic E-state index is 9.23. The molecule has 1 aliphatic carbocycles. The Hall–Kier alpha value is -0.590. The van der Waals surface area contributed by atoms with Crippen molar-refractivity contribution < 1.29 is 4.74 Å². The number of nitrogens with zero attached hydrogens (tertiary/aromatic N) is 1. The summed E-state index contributed by atoms with van der Waals surface area (Å²) in [6, 6.07) is 2.99. The van der Waals surface area contributed by atoms with Crippen LogP contribution in [0.1, 0.15) is 59.3 Å². The molecule has 3 heteroatoms. The Morgan fingerprint density at radius 1 is 1.39 bits per heavy atom. The molecule has 0 amide bonds. The normalized spacial score (nSPS) is 18.6. The third-order valence-corrected chi connectivity index (χ3v) is 3.82. The van der Waals surface area contributed by atoms with Crippen molar-refractivity contribution in [2.45, 2.75) is 70.9 Å². The summed E-state index contributed by atoms with van der Waals surface area (Å²) in [6.45, 7) is 8.08. The zero-order valence-electron chi connectivity index (χ0n) is 12.2. The Balaban J connectivity index is 2.10. The van der Waals surface area contributed by atoms with Gasteiger partial charge >= 0.3 is 0 Å². The monoisotopic (exact) mass is 252 g/mol. The molecule has 1 saturated carbocycles. The third kappa shape index (κ3) is 5.84. The second-order valence-electron chi connectivity index (χ2n) is 5.72. The van der Waals surface area contributed by atoms with Gasteiger partial charge in [0, 0.05) is 19.3 Å². The lowest BCUT2D eigenvalue weighted by molar-refractivity contribution is 0.0906. The topological polar surface area (TPSA) is 45.0 Å². The minimum Gasteiger partial charge on any atom is -0.381 e. The first kappa shape index (κ1) is 15.5. The molecule has 1 rings (SSSR count). The highest BCUT2D eigenvalue weighted by molar-refractivity contribution is 5.06. The molecule has 1 unspecified atom stereocenters. The van der Waals surface area contributed by atoms with E-state index in [1.165, 1.54) is 25.7 Å². The number of nitriles is 1. The number of ether oxygens (including phenoxy) is 1. The molecule has 18 heavy (non-hydrogen) atoms. The van der Waals surface area contributed by atoms with Gasteiger partial charge in [0.1, 0.15) is 5.54 Å². The zero-order chi connectivity index (χ0) is 13.4. The fraction of sp³-hybridized carbons (Fsp3) is 0.933. The van der Waals surface area contributed by atoms with Gasteiger partial charge in [0.15, 0.2) is 0 Å². The van der Waals surface area contributed by atoms with Crippen LogP contribution in [0.3, 0.4) is 0 Å². The zero-order valence-corrected chi connectivity index (χ0v) is 12.2. The Bertz CT molecular complexity index is 266. The quantitative estimate of drug-likeness (QED) is 0.607. The number of rotatable bonds is 10. The molecule has 1 fully saturated rings. The van der Waals surface area contributed by atoms with Crippen molar-refractivity contribution in [2.24, 2.45) is 5.92 Å². The molecule has 1 atom stereocenters. The summed E-state index contributed by atoms with van der Waals surface area (Å²) in [5.41, 5.74) is -0.362. The van der Waals surface area contributed by atoms with Crippen LogP contribution in [0, 0.1) is 17.2 Å². The molecule has 0 aromatic heterocycles. The van der Waals surface area contributed by atoms with E-state index in [2.05, 4.69) is 25.2 Å². The van der Waals surface area contributed by atoms with Crippen LogP contribution in [0.15, 0.2) is 0 Å². The van der Waals surface area contributed by atoms with Crippen LogP contribution < -0.4 is 5.32 Å². The highest BCUT2D eigenvalue weighted by atomic mass is 16.5. The van der Waals surface area contributed by atoms with Gasteiger partial charge in [-0.05, 0) is 38.5 Å². The smallest absolute Gasteiger partial charge is 0.104 e. The van der Waals surface area contributed by atoms with E-state index in [1.807, 2.05) is 6.92 Å². The highest BCUT2D eigenvalue weighted by Crippen LogP contribution is 2.24. The summed E-state index contributed by atoms with van der Waals surface area (Å²) in [4.78, 5) is 0. The summed E-state index contributed by atoms with van der Waals surface area (Å²) in [5, 5.41) is 12.7. The first-order chi connectivity index (χ1) is 8.63. The molecule has 3 nitrogen and oxygen atoms in total. The fourth-order valence-electron chi connectivity index (χ4n) is 2.14. The van der Waals surface area contributed by atoms with Gasteiger partial charge in [-0.15, -0.1) is 0 Å². The predicted molar refractivity (Wildman–Crippen MR) is 74.3 cm³/mol. The van der Waals surface area contributed by atoms with Crippen LogP contribution >= 0.6 is 0 Å². The summed E-state index contributed by atoms with van der Waals surface area (Å²) in [5.74, 6) is 0.692. The molecule has 0 radical (unpaired) electrons. The van der Waals surface area contributed by atoms with E-state index in [0.717, 1.165) is 26.1 Å². The number of nitrogens with one attached hydrogen (secondary N) is 1. The molecule has 0 heterocycles. The molecular weight excluding hydrogens is 224 g/mol. The van der Waals surface area contributed by atoms with Crippen molar-refractivity contribution >= 4 is 0 Å². The van der Waals surface area contributed by atoms with E-state index in [0.29, 0.717) is 12.0 Å².